The summed E-state index contributed by atoms with van der Waals surface area (Å²) in [5, 5.41) is 3.51. The van der Waals surface area contributed by atoms with Crippen molar-refractivity contribution in [2.45, 2.75) is 75.9 Å². The Balaban J connectivity index is 1.98. The van der Waals surface area contributed by atoms with E-state index < -0.39 is 21.8 Å². The number of rotatable bonds is 4. The normalized spacial score (nSPS) is 36.2. The second-order valence-electron chi connectivity index (χ2n) is 10.4. The van der Waals surface area contributed by atoms with Gasteiger partial charge in [0.1, 0.15) is 5.54 Å². The highest BCUT2D eigenvalue weighted by molar-refractivity contribution is 7.85. The topological polar surface area (TPSA) is 91.0 Å². The van der Waals surface area contributed by atoms with Gasteiger partial charge in [-0.3, -0.25) is 8.98 Å². The molecular formula is C25H42N4O4S. The van der Waals surface area contributed by atoms with Gasteiger partial charge in [0.15, 0.2) is 0 Å². The second-order valence-corrected chi connectivity index (χ2v) is 11.8. The molecule has 0 aromatic heterocycles. The molecule has 1 saturated carbocycles. The minimum Gasteiger partial charge on any atom is -0.365 e. The number of nitrogens with zero attached hydrogens (tertiary/aromatic N) is 2. The molecule has 0 aromatic carbocycles. The zero-order chi connectivity index (χ0) is 25.3. The highest BCUT2D eigenvalue weighted by Crippen LogP contribution is 2.52. The van der Waals surface area contributed by atoms with Crippen LogP contribution in [0.25, 0.3) is 0 Å². The van der Waals surface area contributed by atoms with Gasteiger partial charge >= 0.3 is 10.3 Å². The van der Waals surface area contributed by atoms with Crippen molar-refractivity contribution in [3.8, 4) is 0 Å². The van der Waals surface area contributed by atoms with Crippen LogP contribution in [0, 0.1) is 11.8 Å². The van der Waals surface area contributed by atoms with E-state index >= 15 is 0 Å². The molecule has 0 aromatic rings. The lowest BCUT2D eigenvalue weighted by Crippen LogP contribution is -2.54. The van der Waals surface area contributed by atoms with Crippen molar-refractivity contribution in [1.82, 2.24) is 19.8 Å². The molecule has 2 heterocycles. The molecule has 2 fully saturated rings. The first kappa shape index (κ1) is 26.8. The van der Waals surface area contributed by atoms with Crippen molar-refractivity contribution in [3.05, 3.63) is 36.7 Å². The molecule has 0 spiro atoms. The van der Waals surface area contributed by atoms with Crippen LogP contribution in [0.3, 0.4) is 0 Å². The zero-order valence-corrected chi connectivity index (χ0v) is 22.2. The molecule has 1 amide bonds. The van der Waals surface area contributed by atoms with Gasteiger partial charge in [0, 0.05) is 30.9 Å². The van der Waals surface area contributed by atoms with E-state index in [1.165, 1.54) is 0 Å². The predicted octanol–water partition coefficient (Wildman–Crippen LogP) is 2.92. The van der Waals surface area contributed by atoms with Crippen LogP contribution in [-0.4, -0.2) is 69.0 Å². The van der Waals surface area contributed by atoms with E-state index in [0.717, 1.165) is 63.6 Å². The predicted molar refractivity (Wildman–Crippen MR) is 135 cm³/mol. The first-order valence-electron chi connectivity index (χ1n) is 12.3. The number of hydrogen-bond donors (Lipinski definition) is 2. The molecule has 1 aliphatic carbocycles. The fourth-order valence-corrected chi connectivity index (χ4v) is 6.08. The second kappa shape index (κ2) is 10.0. The summed E-state index contributed by atoms with van der Waals surface area (Å²) in [5.41, 5.74) is 0.602. The first-order chi connectivity index (χ1) is 15.9. The largest absolute Gasteiger partial charge is 0.365 e. The van der Waals surface area contributed by atoms with E-state index in [4.69, 9.17) is 0 Å². The molecule has 5 atom stereocenters. The Morgan fingerprint density at radius 3 is 2.62 bits per heavy atom. The highest BCUT2D eigenvalue weighted by atomic mass is 32.2. The van der Waals surface area contributed by atoms with Gasteiger partial charge in [0.25, 0.3) is 5.91 Å². The van der Waals surface area contributed by atoms with Crippen LogP contribution in [0.2, 0.25) is 0 Å². The number of likely N-dealkylation sites (N-methyl/N-ethyl adjacent to an activating group) is 2. The molecule has 0 bridgehead atoms. The molecule has 9 heteroatoms. The van der Waals surface area contributed by atoms with E-state index in [1.54, 1.807) is 0 Å². The number of carbonyl (C=O) groups excluding carboxylic acids is 1. The van der Waals surface area contributed by atoms with Gasteiger partial charge in [-0.05, 0) is 52.0 Å². The molecular weight excluding hydrogens is 452 g/mol. The van der Waals surface area contributed by atoms with Crippen LogP contribution in [0.5, 0.6) is 0 Å². The minimum absolute atomic E-state index is 0.0146. The summed E-state index contributed by atoms with van der Waals surface area (Å²) in [6, 6.07) is -0.0146. The summed E-state index contributed by atoms with van der Waals surface area (Å²) >= 11 is 0. The quantitative estimate of drug-likeness (QED) is 0.581. The number of fused-ring (bicyclic) bond motifs is 2. The van der Waals surface area contributed by atoms with Crippen molar-refractivity contribution in [2.75, 3.05) is 27.7 Å². The lowest BCUT2D eigenvalue weighted by atomic mass is 9.89. The molecule has 8 nitrogen and oxygen atoms in total. The Hall–Kier alpha value is -1.84. The van der Waals surface area contributed by atoms with E-state index in [-0.39, 0.29) is 17.5 Å². The Morgan fingerprint density at radius 2 is 1.97 bits per heavy atom. The molecule has 0 radical (unpaired) electrons. The smallest absolute Gasteiger partial charge is 0.361 e. The van der Waals surface area contributed by atoms with Crippen LogP contribution in [0.15, 0.2) is 36.7 Å². The van der Waals surface area contributed by atoms with Crippen molar-refractivity contribution in [2.24, 2.45) is 11.8 Å². The van der Waals surface area contributed by atoms with E-state index in [9.17, 15) is 13.2 Å². The van der Waals surface area contributed by atoms with E-state index in [2.05, 4.69) is 58.3 Å². The highest BCUT2D eigenvalue weighted by Gasteiger charge is 2.63. The molecule has 3 aliphatic rings. The van der Waals surface area contributed by atoms with Crippen LogP contribution in [0.1, 0.15) is 58.8 Å². The van der Waals surface area contributed by atoms with Gasteiger partial charge in [0.2, 0.25) is 0 Å². The summed E-state index contributed by atoms with van der Waals surface area (Å²) in [6.07, 6.45) is 10.8. The van der Waals surface area contributed by atoms with Crippen LogP contribution >= 0.6 is 0 Å². The van der Waals surface area contributed by atoms with Gasteiger partial charge in [-0.2, -0.15) is 8.42 Å². The number of carbonyl (C=O) groups is 1. The molecule has 2 N–H and O–H groups in total. The fraction of sp³-hybridized carbons (Fsp3) is 0.720. The Morgan fingerprint density at radius 1 is 1.26 bits per heavy atom. The van der Waals surface area contributed by atoms with Crippen LogP contribution in [-0.2, 0) is 19.3 Å². The van der Waals surface area contributed by atoms with Gasteiger partial charge < -0.3 is 15.1 Å². The van der Waals surface area contributed by atoms with Crippen LogP contribution < -0.4 is 10.0 Å². The third kappa shape index (κ3) is 5.06. The monoisotopic (exact) mass is 494 g/mol. The summed E-state index contributed by atoms with van der Waals surface area (Å²) in [7, 11) is 0.731. The van der Waals surface area contributed by atoms with Crippen molar-refractivity contribution in [1.29, 1.82) is 0 Å². The average Bonchev–Trinajstić information content (AvgIpc) is 3.41. The van der Waals surface area contributed by atoms with E-state index in [0.29, 0.717) is 12.3 Å². The van der Waals surface area contributed by atoms with Crippen molar-refractivity contribution < 1.29 is 17.4 Å². The van der Waals surface area contributed by atoms with Gasteiger partial charge in [-0.1, -0.05) is 45.1 Å². The molecule has 5 unspecified atom stereocenters. The summed E-state index contributed by atoms with van der Waals surface area (Å²) in [6.45, 7) is 14.2. The Kier molecular flexibility index (Phi) is 7.89. The zero-order valence-electron chi connectivity index (χ0n) is 21.4. The van der Waals surface area contributed by atoms with E-state index in [1.807, 2.05) is 19.0 Å². The first-order valence-corrected chi connectivity index (χ1v) is 13.7. The lowest BCUT2D eigenvalue weighted by Gasteiger charge is -2.43. The van der Waals surface area contributed by atoms with Gasteiger partial charge in [-0.25, -0.2) is 4.72 Å². The lowest BCUT2D eigenvalue weighted by molar-refractivity contribution is -0.125. The maximum absolute atomic E-state index is 13.3. The summed E-state index contributed by atoms with van der Waals surface area (Å²) in [4.78, 5) is 17.6. The fourth-order valence-electron chi connectivity index (χ4n) is 5.59. The molecule has 192 valence electrons. The van der Waals surface area contributed by atoms with Gasteiger partial charge in [0.05, 0.1) is 18.7 Å². The third-order valence-corrected chi connectivity index (χ3v) is 9.06. The maximum atomic E-state index is 13.3. The number of allylic oxidation sites excluding steroid dienone is 1. The summed E-state index contributed by atoms with van der Waals surface area (Å²) < 4.78 is 30.7. The standard InChI is InChI=1S/C25H42N4O4S/c1-18-15-22-19(2)28(6)25(23(30)27-34(31,32)33-7)16-21(25)13-11-9-8-10-12-14-24(4,26-5)20(3)29(22)17-18/h11,13,18,21-22,26H,2-3,8-10,12,14-17H2,1,4-7H3,(H,27,30)/b13-11-. The minimum atomic E-state index is -4.15. The number of nitrogens with one attached hydrogen (secondary N) is 2. The Labute approximate surface area is 205 Å². The third-order valence-electron chi connectivity index (χ3n) is 8.19. The molecule has 2 aliphatic heterocycles. The van der Waals surface area contributed by atoms with Crippen molar-refractivity contribution in [3.63, 3.8) is 0 Å². The average molecular weight is 495 g/mol. The number of hydrogen-bond acceptors (Lipinski definition) is 7. The summed E-state index contributed by atoms with van der Waals surface area (Å²) in [5.74, 6) is -0.224. The SMILES string of the molecule is C=C1C2CC(C)CN2C(=C)C(C)(NC)CCCCC/C=C\C2CC2(C(=O)NS(=O)(=O)OC)N1C. The Bertz CT molecular complexity index is 949. The van der Waals surface area contributed by atoms with Crippen molar-refractivity contribution >= 4 is 16.2 Å². The maximum Gasteiger partial charge on any atom is 0.361 e. The molecule has 34 heavy (non-hydrogen) atoms. The molecule has 3 rings (SSSR count). The number of amides is 1. The van der Waals surface area contributed by atoms with Gasteiger partial charge in [-0.15, -0.1) is 0 Å². The van der Waals surface area contributed by atoms with Crippen LogP contribution in [0.4, 0.5) is 0 Å². The molecule has 1 saturated heterocycles.